The second-order valence-electron chi connectivity index (χ2n) is 6.11. The number of carbonyl (C=O) groups is 2. The molecular weight excluding hydrogens is 314 g/mol. The predicted molar refractivity (Wildman–Crippen MR) is 103 cm³/mol. The molecule has 0 saturated carbocycles. The number of benzene rings is 1. The number of aryl methyl sites for hydroxylation is 2. The molecule has 1 aromatic carbocycles. The number of anilines is 2. The van der Waals surface area contributed by atoms with Crippen molar-refractivity contribution in [3.8, 4) is 0 Å². The minimum absolute atomic E-state index is 0.0342. The Labute approximate surface area is 148 Å². The fourth-order valence-corrected chi connectivity index (χ4v) is 2.99. The van der Waals surface area contributed by atoms with Crippen LogP contribution in [0.25, 0.3) is 0 Å². The van der Waals surface area contributed by atoms with Gasteiger partial charge in [-0.1, -0.05) is 26.0 Å². The number of nitrogens with one attached hydrogen (secondary N) is 2. The first-order valence-electron chi connectivity index (χ1n) is 8.52. The Morgan fingerprint density at radius 2 is 2.16 bits per heavy atom. The van der Waals surface area contributed by atoms with Crippen LogP contribution >= 0.6 is 0 Å². The average Bonchev–Trinajstić information content (AvgIpc) is 2.58. The normalized spacial score (nSPS) is 14.6. The molecule has 0 fully saturated rings. The Kier molecular flexibility index (Phi) is 6.28. The van der Waals surface area contributed by atoms with Crippen molar-refractivity contribution in [3.05, 3.63) is 47.1 Å². The molecule has 132 valence electrons. The van der Waals surface area contributed by atoms with Crippen molar-refractivity contribution in [2.45, 2.75) is 39.5 Å². The Balaban J connectivity index is 2.31. The van der Waals surface area contributed by atoms with E-state index in [1.54, 1.807) is 19.3 Å². The van der Waals surface area contributed by atoms with E-state index in [1.165, 1.54) is 0 Å². The molecule has 1 aliphatic heterocycles. The summed E-state index contributed by atoms with van der Waals surface area (Å²) in [5.41, 5.74) is 4.97. The topological polar surface area (TPSA) is 70.6 Å². The van der Waals surface area contributed by atoms with Crippen molar-refractivity contribution in [1.82, 2.24) is 0 Å². The Morgan fingerprint density at radius 1 is 1.40 bits per heavy atom. The maximum atomic E-state index is 12.7. The molecule has 0 atom stereocenters. The largest absolute Gasteiger partial charge is 0.326 e. The van der Waals surface area contributed by atoms with E-state index in [0.717, 1.165) is 40.9 Å². The van der Waals surface area contributed by atoms with E-state index >= 15 is 0 Å². The van der Waals surface area contributed by atoms with Crippen LogP contribution in [0.1, 0.15) is 37.3 Å². The van der Waals surface area contributed by atoms with Crippen LogP contribution in [0.15, 0.2) is 40.9 Å². The number of rotatable bonds is 6. The number of fused-ring (bicyclic) bond motifs is 1. The molecule has 5 nitrogen and oxygen atoms in total. The smallest absolute Gasteiger partial charge is 0.257 e. The van der Waals surface area contributed by atoms with Crippen LogP contribution in [0.2, 0.25) is 0 Å². The minimum Gasteiger partial charge on any atom is -0.326 e. The van der Waals surface area contributed by atoms with Crippen LogP contribution in [0, 0.1) is 6.92 Å². The monoisotopic (exact) mass is 339 g/mol. The zero-order valence-electron chi connectivity index (χ0n) is 15.1. The summed E-state index contributed by atoms with van der Waals surface area (Å²) < 4.78 is 0. The highest BCUT2D eigenvalue weighted by molar-refractivity contribution is 6.18. The highest BCUT2D eigenvalue weighted by Crippen LogP contribution is 2.30. The highest BCUT2D eigenvalue weighted by atomic mass is 16.2. The maximum absolute atomic E-state index is 12.7. The standard InChI is InChI=1S/C20H25N3O2/c1-5-7-14(6-2)17(12-21-4)20(25)22-16-10-13(3)19-15(11-16)8-9-18(24)23-19/h6,10-12H,2,5,7-9H2,1,3-4H3,(H,22,25)(H,23,24)/b17-14-,21-12?. The third kappa shape index (κ3) is 4.44. The van der Waals surface area contributed by atoms with Crippen molar-refractivity contribution in [1.29, 1.82) is 0 Å². The summed E-state index contributed by atoms with van der Waals surface area (Å²) in [5, 5.41) is 5.85. The SMILES string of the molecule is C=C/C(CCC)=C(\C=NC)C(=O)Nc1cc(C)c2c(c1)CCC(=O)N2. The number of hydrogen-bond acceptors (Lipinski definition) is 3. The second-order valence-corrected chi connectivity index (χ2v) is 6.11. The number of carbonyl (C=O) groups excluding carboxylic acids is 2. The summed E-state index contributed by atoms with van der Waals surface area (Å²) in [5.74, 6) is -0.167. The lowest BCUT2D eigenvalue weighted by atomic mass is 9.98. The molecule has 25 heavy (non-hydrogen) atoms. The highest BCUT2D eigenvalue weighted by Gasteiger charge is 2.19. The van der Waals surface area contributed by atoms with E-state index < -0.39 is 0 Å². The van der Waals surface area contributed by atoms with E-state index in [9.17, 15) is 9.59 Å². The Bertz CT molecular complexity index is 760. The fourth-order valence-electron chi connectivity index (χ4n) is 2.99. The van der Waals surface area contributed by atoms with Gasteiger partial charge in [-0.2, -0.15) is 0 Å². The van der Waals surface area contributed by atoms with Crippen LogP contribution in [0.4, 0.5) is 11.4 Å². The van der Waals surface area contributed by atoms with Gasteiger partial charge in [0.15, 0.2) is 0 Å². The molecule has 2 N–H and O–H groups in total. The predicted octanol–water partition coefficient (Wildman–Crippen LogP) is 3.80. The molecule has 0 bridgehead atoms. The molecule has 2 rings (SSSR count). The van der Waals surface area contributed by atoms with Crippen molar-refractivity contribution in [3.63, 3.8) is 0 Å². The minimum atomic E-state index is -0.201. The van der Waals surface area contributed by atoms with Crippen molar-refractivity contribution < 1.29 is 9.59 Å². The van der Waals surface area contributed by atoms with Gasteiger partial charge >= 0.3 is 0 Å². The summed E-state index contributed by atoms with van der Waals surface area (Å²) in [6.07, 6.45) is 6.13. The molecule has 0 aliphatic carbocycles. The average molecular weight is 339 g/mol. The summed E-state index contributed by atoms with van der Waals surface area (Å²) in [6, 6.07) is 3.80. The molecule has 2 amide bonds. The number of aliphatic imine (C=N–C) groups is 1. The molecule has 1 aromatic rings. The number of amides is 2. The summed E-state index contributed by atoms with van der Waals surface area (Å²) in [4.78, 5) is 28.3. The lowest BCUT2D eigenvalue weighted by Crippen LogP contribution is -2.21. The molecule has 1 heterocycles. The molecule has 0 unspecified atom stereocenters. The molecule has 0 radical (unpaired) electrons. The van der Waals surface area contributed by atoms with E-state index in [-0.39, 0.29) is 11.8 Å². The van der Waals surface area contributed by atoms with Crippen LogP contribution < -0.4 is 10.6 Å². The van der Waals surface area contributed by atoms with Gasteiger partial charge in [0, 0.05) is 31.1 Å². The number of allylic oxidation sites excluding steroid dienone is 2. The first kappa shape index (κ1) is 18.6. The van der Waals surface area contributed by atoms with Gasteiger partial charge in [-0.15, -0.1) is 0 Å². The second kappa shape index (κ2) is 8.42. The van der Waals surface area contributed by atoms with Crippen molar-refractivity contribution >= 4 is 29.4 Å². The zero-order valence-corrected chi connectivity index (χ0v) is 15.1. The number of hydrogen-bond donors (Lipinski definition) is 2. The molecule has 0 aromatic heterocycles. The third-order valence-corrected chi connectivity index (χ3v) is 4.18. The van der Waals surface area contributed by atoms with Gasteiger partial charge in [0.25, 0.3) is 5.91 Å². The van der Waals surface area contributed by atoms with Crippen molar-refractivity contribution in [2.24, 2.45) is 4.99 Å². The Morgan fingerprint density at radius 3 is 2.80 bits per heavy atom. The van der Waals surface area contributed by atoms with Crippen LogP contribution in [-0.4, -0.2) is 25.1 Å². The van der Waals surface area contributed by atoms with Crippen molar-refractivity contribution in [2.75, 3.05) is 17.7 Å². The first-order valence-corrected chi connectivity index (χ1v) is 8.52. The Hall–Kier alpha value is -2.69. The van der Waals surface area contributed by atoms with Gasteiger partial charge in [0.2, 0.25) is 5.91 Å². The zero-order chi connectivity index (χ0) is 18.4. The number of nitrogens with zero attached hydrogens (tertiary/aromatic N) is 1. The molecule has 5 heteroatoms. The lowest BCUT2D eigenvalue weighted by Gasteiger charge is -2.20. The molecular formula is C20H25N3O2. The van der Waals surface area contributed by atoms with Gasteiger partial charge in [-0.25, -0.2) is 0 Å². The van der Waals surface area contributed by atoms with Gasteiger partial charge in [-0.3, -0.25) is 14.6 Å². The summed E-state index contributed by atoms with van der Waals surface area (Å²) >= 11 is 0. The van der Waals surface area contributed by atoms with Crippen LogP contribution in [0.3, 0.4) is 0 Å². The maximum Gasteiger partial charge on any atom is 0.257 e. The van der Waals surface area contributed by atoms with E-state index in [4.69, 9.17) is 0 Å². The lowest BCUT2D eigenvalue weighted by molar-refractivity contribution is -0.116. The summed E-state index contributed by atoms with van der Waals surface area (Å²) in [7, 11) is 1.64. The molecule has 0 saturated heterocycles. The van der Waals surface area contributed by atoms with Gasteiger partial charge in [-0.05, 0) is 48.6 Å². The van der Waals surface area contributed by atoms with E-state index in [0.29, 0.717) is 18.4 Å². The molecule has 0 spiro atoms. The fraction of sp³-hybridized carbons (Fsp3) is 0.350. The molecule has 1 aliphatic rings. The van der Waals surface area contributed by atoms with Gasteiger partial charge in [0.05, 0.1) is 5.57 Å². The van der Waals surface area contributed by atoms with Gasteiger partial charge < -0.3 is 10.6 Å². The van der Waals surface area contributed by atoms with Crippen LogP contribution in [0.5, 0.6) is 0 Å². The third-order valence-electron chi connectivity index (χ3n) is 4.18. The van der Waals surface area contributed by atoms with E-state index in [1.807, 2.05) is 19.1 Å². The summed E-state index contributed by atoms with van der Waals surface area (Å²) in [6.45, 7) is 7.80. The van der Waals surface area contributed by atoms with Gasteiger partial charge in [0.1, 0.15) is 0 Å². The first-order chi connectivity index (χ1) is 12.0. The van der Waals surface area contributed by atoms with Crippen LogP contribution in [-0.2, 0) is 16.0 Å². The van der Waals surface area contributed by atoms with E-state index in [2.05, 4.69) is 29.1 Å². The quantitative estimate of drug-likeness (QED) is 0.470.